The molecule has 2 aromatic carbocycles. The van der Waals surface area contributed by atoms with Crippen LogP contribution >= 0.6 is 23.2 Å². The molecule has 0 unspecified atom stereocenters. The molecule has 0 spiro atoms. The number of benzene rings is 2. The lowest BCUT2D eigenvalue weighted by Crippen LogP contribution is -2.01. The second kappa shape index (κ2) is 6.07. The van der Waals surface area contributed by atoms with Crippen molar-refractivity contribution < 1.29 is 9.13 Å². The molecule has 0 aliphatic carbocycles. The average molecular weight is 285 g/mol. The summed E-state index contributed by atoms with van der Waals surface area (Å²) >= 11 is 11.7. The van der Waals surface area contributed by atoms with E-state index in [0.29, 0.717) is 22.2 Å². The third-order valence-electron chi connectivity index (χ3n) is 2.55. The largest absolute Gasteiger partial charge is 0.488 e. The van der Waals surface area contributed by atoms with Gasteiger partial charge in [-0.25, -0.2) is 4.39 Å². The molecule has 18 heavy (non-hydrogen) atoms. The van der Waals surface area contributed by atoms with Gasteiger partial charge in [-0.05, 0) is 18.2 Å². The zero-order valence-corrected chi connectivity index (χ0v) is 11.0. The lowest BCUT2D eigenvalue weighted by molar-refractivity contribution is 0.297. The van der Waals surface area contributed by atoms with Gasteiger partial charge in [-0.1, -0.05) is 35.9 Å². The maximum atomic E-state index is 13.5. The van der Waals surface area contributed by atoms with Gasteiger partial charge in [0.15, 0.2) is 0 Å². The second-order valence-electron chi connectivity index (χ2n) is 3.73. The van der Waals surface area contributed by atoms with E-state index in [0.717, 1.165) is 5.56 Å². The molecule has 0 aliphatic heterocycles. The first kappa shape index (κ1) is 13.2. The summed E-state index contributed by atoms with van der Waals surface area (Å²) in [4.78, 5) is 0. The van der Waals surface area contributed by atoms with Gasteiger partial charge in [0.25, 0.3) is 0 Å². The summed E-state index contributed by atoms with van der Waals surface area (Å²) in [6.45, 7) is 0.0827. The molecule has 0 saturated carbocycles. The van der Waals surface area contributed by atoms with Gasteiger partial charge in [-0.3, -0.25) is 0 Å². The molecule has 1 nitrogen and oxygen atoms in total. The first-order valence-electron chi connectivity index (χ1n) is 5.42. The Bertz CT molecular complexity index is 523. The van der Waals surface area contributed by atoms with Crippen molar-refractivity contribution in [3.05, 3.63) is 64.4 Å². The van der Waals surface area contributed by atoms with Crippen molar-refractivity contribution in [3.8, 4) is 5.75 Å². The van der Waals surface area contributed by atoms with Gasteiger partial charge in [0.05, 0.1) is 10.9 Å². The van der Waals surface area contributed by atoms with Crippen molar-refractivity contribution in [2.45, 2.75) is 12.5 Å². The van der Waals surface area contributed by atoms with Crippen molar-refractivity contribution in [2.24, 2.45) is 0 Å². The maximum absolute atomic E-state index is 13.5. The Morgan fingerprint density at radius 1 is 1.06 bits per heavy atom. The van der Waals surface area contributed by atoms with Crippen LogP contribution in [0.4, 0.5) is 4.39 Å². The number of hydrogen-bond donors (Lipinski definition) is 0. The number of alkyl halides is 1. The molecule has 4 heteroatoms. The highest BCUT2D eigenvalue weighted by molar-refractivity contribution is 6.31. The first-order valence-corrected chi connectivity index (χ1v) is 6.33. The van der Waals surface area contributed by atoms with E-state index in [1.54, 1.807) is 18.2 Å². The molecule has 2 aromatic rings. The van der Waals surface area contributed by atoms with Crippen LogP contribution in [0, 0.1) is 5.82 Å². The highest BCUT2D eigenvalue weighted by atomic mass is 35.5. The lowest BCUT2D eigenvalue weighted by atomic mass is 10.2. The van der Waals surface area contributed by atoms with Crippen LogP contribution in [0.5, 0.6) is 5.75 Å². The average Bonchev–Trinajstić information content (AvgIpc) is 2.38. The lowest BCUT2D eigenvalue weighted by Gasteiger charge is -2.11. The number of hydrogen-bond acceptors (Lipinski definition) is 1. The highest BCUT2D eigenvalue weighted by Gasteiger charge is 2.09. The van der Waals surface area contributed by atoms with Crippen molar-refractivity contribution in [2.75, 3.05) is 0 Å². The topological polar surface area (TPSA) is 9.23 Å². The van der Waals surface area contributed by atoms with E-state index >= 15 is 0 Å². The van der Waals surface area contributed by atoms with Crippen molar-refractivity contribution in [3.63, 3.8) is 0 Å². The molecule has 0 aliphatic rings. The molecule has 0 aromatic heterocycles. The zero-order valence-electron chi connectivity index (χ0n) is 9.50. The Labute approximate surface area is 115 Å². The van der Waals surface area contributed by atoms with E-state index in [2.05, 4.69) is 0 Å². The van der Waals surface area contributed by atoms with Crippen LogP contribution < -0.4 is 4.74 Å². The minimum Gasteiger partial charge on any atom is -0.488 e. The molecule has 0 heterocycles. The molecule has 0 radical (unpaired) electrons. The number of halogens is 3. The summed E-state index contributed by atoms with van der Waals surface area (Å²) in [6, 6.07) is 11.9. The summed E-state index contributed by atoms with van der Waals surface area (Å²) in [5, 5.41) is 0.360. The summed E-state index contributed by atoms with van der Waals surface area (Å²) < 4.78 is 19.1. The predicted molar refractivity (Wildman–Crippen MR) is 71.7 cm³/mol. The smallest absolute Gasteiger partial charge is 0.131 e. The molecule has 0 bridgehead atoms. The van der Waals surface area contributed by atoms with E-state index in [1.807, 2.05) is 18.2 Å². The standard InChI is InChI=1S/C14H11Cl2FO/c15-8-10-4-1-2-7-14(10)18-9-11-12(16)5-3-6-13(11)17/h1-7H,8-9H2. The molecule has 0 fully saturated rings. The van der Waals surface area contributed by atoms with Crippen LogP contribution in [0.3, 0.4) is 0 Å². The Kier molecular flexibility index (Phi) is 4.45. The van der Waals surface area contributed by atoms with Gasteiger partial charge < -0.3 is 4.74 Å². The molecule has 2 rings (SSSR count). The fourth-order valence-corrected chi connectivity index (χ4v) is 2.01. The monoisotopic (exact) mass is 284 g/mol. The van der Waals surface area contributed by atoms with Crippen LogP contribution in [0.2, 0.25) is 5.02 Å². The summed E-state index contributed by atoms with van der Waals surface area (Å²) in [6.07, 6.45) is 0. The summed E-state index contributed by atoms with van der Waals surface area (Å²) in [5.74, 6) is 0.624. The van der Waals surface area contributed by atoms with Crippen LogP contribution in [-0.2, 0) is 12.5 Å². The Hall–Kier alpha value is -1.25. The first-order chi connectivity index (χ1) is 8.72. The Morgan fingerprint density at radius 2 is 1.83 bits per heavy atom. The number of rotatable bonds is 4. The van der Waals surface area contributed by atoms with Crippen LogP contribution in [0.1, 0.15) is 11.1 Å². The fraction of sp³-hybridized carbons (Fsp3) is 0.143. The van der Waals surface area contributed by atoms with Gasteiger partial charge >= 0.3 is 0 Å². The molecule has 0 N–H and O–H groups in total. The van der Waals surface area contributed by atoms with Crippen LogP contribution in [0.25, 0.3) is 0 Å². The summed E-state index contributed by atoms with van der Waals surface area (Å²) in [7, 11) is 0. The Morgan fingerprint density at radius 3 is 2.56 bits per heavy atom. The van der Waals surface area contributed by atoms with E-state index < -0.39 is 0 Å². The zero-order chi connectivity index (χ0) is 13.0. The molecule has 0 amide bonds. The SMILES string of the molecule is Fc1cccc(Cl)c1COc1ccccc1CCl. The minimum atomic E-state index is -0.370. The van der Waals surface area contributed by atoms with Crippen LogP contribution in [0.15, 0.2) is 42.5 Å². The van der Waals surface area contributed by atoms with E-state index in [1.165, 1.54) is 6.07 Å². The van der Waals surface area contributed by atoms with Crippen molar-refractivity contribution >= 4 is 23.2 Å². The van der Waals surface area contributed by atoms with Crippen molar-refractivity contribution in [1.29, 1.82) is 0 Å². The van der Waals surface area contributed by atoms with Gasteiger partial charge in [-0.15, -0.1) is 11.6 Å². The number of ether oxygens (including phenoxy) is 1. The molecule has 0 atom stereocenters. The maximum Gasteiger partial charge on any atom is 0.131 e. The number of para-hydroxylation sites is 1. The third-order valence-corrected chi connectivity index (χ3v) is 3.19. The Balaban J connectivity index is 2.16. The predicted octanol–water partition coefficient (Wildman–Crippen LogP) is 4.80. The van der Waals surface area contributed by atoms with Crippen molar-refractivity contribution in [1.82, 2.24) is 0 Å². The van der Waals surface area contributed by atoms with Gasteiger partial charge in [0.1, 0.15) is 18.2 Å². The van der Waals surface area contributed by atoms with Gasteiger partial charge in [0, 0.05) is 11.1 Å². The summed E-state index contributed by atoms with van der Waals surface area (Å²) in [5.41, 5.74) is 1.22. The van der Waals surface area contributed by atoms with Crippen LogP contribution in [-0.4, -0.2) is 0 Å². The highest BCUT2D eigenvalue weighted by Crippen LogP contribution is 2.24. The molecule has 94 valence electrons. The van der Waals surface area contributed by atoms with Gasteiger partial charge in [-0.2, -0.15) is 0 Å². The fourth-order valence-electron chi connectivity index (χ4n) is 1.58. The second-order valence-corrected chi connectivity index (χ2v) is 4.40. The van der Waals surface area contributed by atoms with E-state index in [9.17, 15) is 4.39 Å². The minimum absolute atomic E-state index is 0.0827. The molecular weight excluding hydrogens is 274 g/mol. The quantitative estimate of drug-likeness (QED) is 0.733. The van der Waals surface area contributed by atoms with E-state index in [4.69, 9.17) is 27.9 Å². The molecule has 0 saturated heterocycles. The third kappa shape index (κ3) is 2.95. The molecular formula is C14H11Cl2FO. The van der Waals surface area contributed by atoms with E-state index in [-0.39, 0.29) is 12.4 Å². The van der Waals surface area contributed by atoms with Gasteiger partial charge in [0.2, 0.25) is 0 Å². The normalized spacial score (nSPS) is 10.4.